The maximum Gasteiger partial charge on any atom is 0.270 e. The minimum atomic E-state index is -4.02. The lowest BCUT2D eigenvalue weighted by Crippen LogP contribution is -2.29. The van der Waals surface area contributed by atoms with E-state index in [1.54, 1.807) is 24.3 Å². The van der Waals surface area contributed by atoms with Crippen molar-refractivity contribution in [3.8, 4) is 5.75 Å². The lowest BCUT2D eigenvalue weighted by atomic mass is 9.87. The normalized spacial score (nSPS) is 13.8. The van der Waals surface area contributed by atoms with Crippen LogP contribution in [0.2, 0.25) is 0 Å². The number of ether oxygens (including phenoxy) is 1. The van der Waals surface area contributed by atoms with Crippen molar-refractivity contribution in [2.75, 3.05) is 16.7 Å². The number of sulfonamides is 1. The zero-order valence-electron chi connectivity index (χ0n) is 18.6. The lowest BCUT2D eigenvalue weighted by molar-refractivity contribution is 0.0925. The van der Waals surface area contributed by atoms with E-state index in [1.165, 1.54) is 43.8 Å². The number of amides is 2. The van der Waals surface area contributed by atoms with Gasteiger partial charge in [0.1, 0.15) is 5.75 Å². The van der Waals surface area contributed by atoms with E-state index in [9.17, 15) is 18.0 Å². The van der Waals surface area contributed by atoms with Gasteiger partial charge >= 0.3 is 0 Å². The van der Waals surface area contributed by atoms with Crippen molar-refractivity contribution in [2.24, 2.45) is 0 Å². The van der Waals surface area contributed by atoms with E-state index in [-0.39, 0.29) is 38.6 Å². The van der Waals surface area contributed by atoms with Crippen molar-refractivity contribution >= 4 is 33.2 Å². The van der Waals surface area contributed by atoms with E-state index in [0.717, 1.165) is 10.5 Å². The van der Waals surface area contributed by atoms with Gasteiger partial charge in [0.05, 0.1) is 40.7 Å². The van der Waals surface area contributed by atoms with Crippen LogP contribution in [0.3, 0.4) is 0 Å². The van der Waals surface area contributed by atoms with E-state index in [0.29, 0.717) is 0 Å². The average molecular weight is 466 g/mol. The lowest BCUT2D eigenvalue weighted by Gasteiger charge is -2.19. The number of methoxy groups -OCH3 is 1. The Labute approximate surface area is 192 Å². The average Bonchev–Trinajstić information content (AvgIpc) is 3.05. The minimum Gasteiger partial charge on any atom is -0.496 e. The number of carbonyl (C=O) groups excluding carboxylic acids is 2. The van der Waals surface area contributed by atoms with Gasteiger partial charge in [-0.25, -0.2) is 13.3 Å². The predicted molar refractivity (Wildman–Crippen MR) is 124 cm³/mol. The van der Waals surface area contributed by atoms with Gasteiger partial charge in [0, 0.05) is 6.20 Å². The summed E-state index contributed by atoms with van der Waals surface area (Å²) in [4.78, 5) is 31.3. The van der Waals surface area contributed by atoms with Crippen molar-refractivity contribution in [3.05, 3.63) is 77.6 Å². The topological polar surface area (TPSA) is 106 Å². The molecule has 0 bridgehead atoms. The molecule has 0 saturated carbocycles. The highest BCUT2D eigenvalue weighted by Crippen LogP contribution is 2.38. The molecule has 0 aliphatic carbocycles. The first kappa shape index (κ1) is 22.5. The number of aromatic nitrogens is 1. The van der Waals surface area contributed by atoms with Gasteiger partial charge in [-0.1, -0.05) is 32.9 Å². The maximum atomic E-state index is 13.3. The molecule has 1 aromatic heterocycles. The van der Waals surface area contributed by atoms with Gasteiger partial charge in [-0.3, -0.25) is 19.3 Å². The summed E-state index contributed by atoms with van der Waals surface area (Å²) in [6.07, 6.45) is 2.90. The van der Waals surface area contributed by atoms with Crippen molar-refractivity contribution in [1.82, 2.24) is 4.98 Å². The van der Waals surface area contributed by atoms with Crippen LogP contribution in [0.15, 0.2) is 65.8 Å². The van der Waals surface area contributed by atoms with Crippen LogP contribution in [0, 0.1) is 0 Å². The van der Waals surface area contributed by atoms with Crippen LogP contribution >= 0.6 is 0 Å². The number of pyridine rings is 1. The molecule has 33 heavy (non-hydrogen) atoms. The third-order valence-electron chi connectivity index (χ3n) is 5.40. The number of anilines is 2. The summed E-state index contributed by atoms with van der Waals surface area (Å²) in [5, 5.41) is 0. The Morgan fingerprint density at radius 3 is 2.18 bits per heavy atom. The van der Waals surface area contributed by atoms with E-state index >= 15 is 0 Å². The second kappa shape index (κ2) is 8.00. The summed E-state index contributed by atoms with van der Waals surface area (Å²) in [5.74, 6) is -1.11. The van der Waals surface area contributed by atoms with Gasteiger partial charge in [0.2, 0.25) is 0 Å². The largest absolute Gasteiger partial charge is 0.496 e. The Morgan fingerprint density at radius 1 is 0.939 bits per heavy atom. The van der Waals surface area contributed by atoms with Gasteiger partial charge in [-0.05, 0) is 47.4 Å². The molecule has 2 aromatic carbocycles. The number of benzene rings is 2. The molecule has 1 N–H and O–H groups in total. The number of hydrogen-bond acceptors (Lipinski definition) is 6. The first-order chi connectivity index (χ1) is 15.5. The minimum absolute atomic E-state index is 0.00422. The molecule has 0 radical (unpaired) electrons. The zero-order valence-corrected chi connectivity index (χ0v) is 19.4. The van der Waals surface area contributed by atoms with Gasteiger partial charge in [0.15, 0.2) is 0 Å². The van der Waals surface area contributed by atoms with Crippen molar-refractivity contribution in [1.29, 1.82) is 0 Å². The van der Waals surface area contributed by atoms with Crippen LogP contribution in [0.4, 0.5) is 11.4 Å². The van der Waals surface area contributed by atoms with Crippen LogP contribution in [0.5, 0.6) is 5.75 Å². The summed E-state index contributed by atoms with van der Waals surface area (Å²) in [5.41, 5.74) is 1.05. The number of hydrogen-bond donors (Lipinski definition) is 1. The smallest absolute Gasteiger partial charge is 0.270 e. The highest BCUT2D eigenvalue weighted by atomic mass is 32.2. The molecule has 4 rings (SSSR count). The van der Waals surface area contributed by atoms with E-state index in [2.05, 4.69) is 9.71 Å². The first-order valence-corrected chi connectivity index (χ1v) is 11.7. The Kier molecular flexibility index (Phi) is 5.45. The number of nitrogens with zero attached hydrogens (tertiary/aromatic N) is 2. The fourth-order valence-electron chi connectivity index (χ4n) is 3.65. The molecule has 1 aliphatic rings. The molecular formula is C24H23N3O5S. The van der Waals surface area contributed by atoms with E-state index in [4.69, 9.17) is 4.74 Å². The molecule has 1 aliphatic heterocycles. The zero-order chi connectivity index (χ0) is 24.0. The quantitative estimate of drug-likeness (QED) is 0.571. The molecule has 0 spiro atoms. The molecule has 0 atom stereocenters. The van der Waals surface area contributed by atoms with Crippen molar-refractivity contribution in [3.63, 3.8) is 0 Å². The highest BCUT2D eigenvalue weighted by molar-refractivity contribution is 7.92. The van der Waals surface area contributed by atoms with E-state index in [1.807, 2.05) is 20.8 Å². The molecule has 0 unspecified atom stereocenters. The Balaban J connectivity index is 1.76. The number of fused-ring (bicyclic) bond motifs is 1. The molecule has 0 fully saturated rings. The Hall–Kier alpha value is -3.72. The summed E-state index contributed by atoms with van der Waals surface area (Å²) < 4.78 is 33.9. The summed E-state index contributed by atoms with van der Waals surface area (Å²) in [6, 6.07) is 12.6. The van der Waals surface area contributed by atoms with Crippen LogP contribution in [0.25, 0.3) is 0 Å². The third-order valence-corrected chi connectivity index (χ3v) is 6.78. The fourth-order valence-corrected chi connectivity index (χ4v) is 4.72. The van der Waals surface area contributed by atoms with Crippen molar-refractivity contribution < 1.29 is 22.7 Å². The molecule has 0 saturated heterocycles. The molecule has 9 heteroatoms. The monoisotopic (exact) mass is 465 g/mol. The predicted octanol–water partition coefficient (Wildman–Crippen LogP) is 3.99. The van der Waals surface area contributed by atoms with Crippen LogP contribution in [-0.2, 0) is 15.4 Å². The standard InChI is InChI=1S/C24H23N3O5S/c1-24(2,3)15-7-9-17(10-8-15)33(30,31)26-18-11-12-19(32-4)21-20(18)22(28)27(23(21)29)16-6-5-13-25-14-16/h5-14,26H,1-4H3. The SMILES string of the molecule is COc1ccc(NS(=O)(=O)c2ccc(C(C)(C)C)cc2)c2c1C(=O)N(c1cccnc1)C2=O. The highest BCUT2D eigenvalue weighted by Gasteiger charge is 2.42. The Morgan fingerprint density at radius 2 is 1.61 bits per heavy atom. The van der Waals surface area contributed by atoms with Crippen molar-refractivity contribution in [2.45, 2.75) is 31.1 Å². The second-order valence-electron chi connectivity index (χ2n) is 8.60. The van der Waals surface area contributed by atoms with Crippen LogP contribution in [-0.4, -0.2) is 32.3 Å². The molecular weight excluding hydrogens is 442 g/mol. The molecule has 8 nitrogen and oxygen atoms in total. The summed E-state index contributed by atoms with van der Waals surface area (Å²) >= 11 is 0. The third kappa shape index (κ3) is 3.95. The Bertz CT molecular complexity index is 1350. The molecule has 2 amide bonds. The maximum absolute atomic E-state index is 13.3. The molecule has 170 valence electrons. The number of imide groups is 1. The van der Waals surface area contributed by atoms with E-state index < -0.39 is 21.8 Å². The molecule has 3 aromatic rings. The number of carbonyl (C=O) groups is 2. The van der Waals surface area contributed by atoms with Gasteiger partial charge in [-0.15, -0.1) is 0 Å². The number of rotatable bonds is 5. The first-order valence-electron chi connectivity index (χ1n) is 10.2. The summed E-state index contributed by atoms with van der Waals surface area (Å²) in [7, 11) is -2.65. The van der Waals surface area contributed by atoms with Crippen LogP contribution in [0.1, 0.15) is 47.1 Å². The fraction of sp³-hybridized carbons (Fsp3) is 0.208. The van der Waals surface area contributed by atoms with Gasteiger partial charge < -0.3 is 4.74 Å². The molecule has 2 heterocycles. The van der Waals surface area contributed by atoms with Crippen LogP contribution < -0.4 is 14.4 Å². The van der Waals surface area contributed by atoms with Gasteiger partial charge in [0.25, 0.3) is 21.8 Å². The number of nitrogens with one attached hydrogen (secondary N) is 1. The van der Waals surface area contributed by atoms with Gasteiger partial charge in [-0.2, -0.15) is 0 Å². The summed E-state index contributed by atoms with van der Waals surface area (Å²) in [6.45, 7) is 6.10. The second-order valence-corrected chi connectivity index (χ2v) is 10.3.